The van der Waals surface area contributed by atoms with E-state index in [0.29, 0.717) is 23.2 Å². The van der Waals surface area contributed by atoms with Crippen LogP contribution in [0, 0.1) is 34.5 Å². The molecule has 170 valence electrons. The van der Waals surface area contributed by atoms with Gasteiger partial charge in [0.2, 0.25) is 0 Å². The predicted octanol–water partition coefficient (Wildman–Crippen LogP) is 6.57. The number of fused-ring (bicyclic) bond motifs is 5. The van der Waals surface area contributed by atoms with Crippen LogP contribution in [0.1, 0.15) is 96.1 Å². The third-order valence-corrected chi connectivity index (χ3v) is 10.5. The zero-order chi connectivity index (χ0) is 22.0. The zero-order valence-corrected chi connectivity index (χ0v) is 20.0. The maximum absolute atomic E-state index is 11.5. The minimum absolute atomic E-state index is 0.0300. The molecule has 0 saturated heterocycles. The van der Waals surface area contributed by atoms with Gasteiger partial charge in [-0.25, -0.2) is 0 Å². The van der Waals surface area contributed by atoms with Crippen molar-refractivity contribution in [2.75, 3.05) is 0 Å². The van der Waals surface area contributed by atoms with E-state index >= 15 is 0 Å². The molecule has 4 aliphatic rings. The molecule has 4 saturated carbocycles. The molecule has 31 heavy (non-hydrogen) atoms. The topological polar surface area (TPSA) is 40.5 Å². The lowest BCUT2D eigenvalue weighted by Crippen LogP contribution is -2.54. The second-order valence-corrected chi connectivity index (χ2v) is 12.3. The minimum Gasteiger partial charge on any atom is -0.393 e. The molecule has 2 nitrogen and oxygen atoms in total. The fourth-order valence-electron chi connectivity index (χ4n) is 8.43. The molecule has 5 rings (SSSR count). The molecule has 0 bridgehead atoms. The van der Waals surface area contributed by atoms with E-state index in [1.54, 1.807) is 0 Å². The summed E-state index contributed by atoms with van der Waals surface area (Å²) in [7, 11) is 0. The Labute approximate surface area is 189 Å². The minimum atomic E-state index is -0.304. The SMILES string of the molecule is CC(C)c1ccc(/C=C2/C[C@@H]3[C@H]4CC[C@H]5C[C@@H](O)CC[C@]5(C)[C@@H]4CC[C@]3(C)[C@@H]2O)cc1. The molecule has 0 spiro atoms. The molecule has 1 aromatic carbocycles. The van der Waals surface area contributed by atoms with Crippen LogP contribution >= 0.6 is 0 Å². The van der Waals surface area contributed by atoms with Crippen LogP contribution in [-0.2, 0) is 0 Å². The number of benzene rings is 1. The van der Waals surface area contributed by atoms with Crippen molar-refractivity contribution in [3.05, 3.63) is 41.0 Å². The van der Waals surface area contributed by atoms with Crippen molar-refractivity contribution in [1.29, 1.82) is 0 Å². The number of aliphatic hydroxyl groups excluding tert-OH is 2. The third-order valence-electron chi connectivity index (χ3n) is 10.5. The molecule has 4 fully saturated rings. The van der Waals surface area contributed by atoms with Gasteiger partial charge in [-0.05, 0) is 103 Å². The standard InChI is InChI=1S/C29H42O2/c1-18(2)20-7-5-19(6-8-20)15-21-16-26-24-10-9-22-17-23(30)11-13-28(22,3)25(24)12-14-29(26,4)27(21)31/h5-8,15,18,22-27,30-31H,9-14,16-17H2,1-4H3/b21-15-/t22-,23-,24-,25+,26+,27+,28-,29-/m0/s1. The molecular formula is C29H42O2. The molecule has 2 N–H and O–H groups in total. The highest BCUT2D eigenvalue weighted by Crippen LogP contribution is 2.67. The van der Waals surface area contributed by atoms with Crippen molar-refractivity contribution < 1.29 is 10.2 Å². The van der Waals surface area contributed by atoms with Gasteiger partial charge < -0.3 is 10.2 Å². The maximum Gasteiger partial charge on any atom is 0.0809 e. The summed E-state index contributed by atoms with van der Waals surface area (Å²) in [5.41, 5.74) is 4.29. The molecule has 0 heterocycles. The van der Waals surface area contributed by atoms with Gasteiger partial charge in [0.05, 0.1) is 12.2 Å². The summed E-state index contributed by atoms with van der Waals surface area (Å²) in [6.07, 6.45) is 11.1. The second kappa shape index (κ2) is 7.73. The molecule has 0 unspecified atom stereocenters. The summed E-state index contributed by atoms with van der Waals surface area (Å²) in [4.78, 5) is 0. The number of hydrogen-bond acceptors (Lipinski definition) is 2. The molecule has 0 amide bonds. The third kappa shape index (κ3) is 3.44. The fourth-order valence-corrected chi connectivity index (χ4v) is 8.43. The molecule has 0 radical (unpaired) electrons. The van der Waals surface area contributed by atoms with E-state index in [2.05, 4.69) is 58.0 Å². The van der Waals surface area contributed by atoms with Crippen molar-refractivity contribution in [2.45, 2.75) is 97.2 Å². The van der Waals surface area contributed by atoms with Crippen molar-refractivity contribution >= 4 is 6.08 Å². The highest BCUT2D eigenvalue weighted by atomic mass is 16.3. The van der Waals surface area contributed by atoms with E-state index in [1.165, 1.54) is 42.4 Å². The quantitative estimate of drug-likeness (QED) is 0.566. The van der Waals surface area contributed by atoms with Crippen LogP contribution in [0.15, 0.2) is 29.8 Å². The molecule has 8 atom stereocenters. The molecule has 1 aromatic rings. The Morgan fingerprint density at radius 2 is 1.61 bits per heavy atom. The maximum atomic E-state index is 11.5. The van der Waals surface area contributed by atoms with Gasteiger partial charge in [-0.1, -0.05) is 58.0 Å². The largest absolute Gasteiger partial charge is 0.393 e. The van der Waals surface area contributed by atoms with Crippen molar-refractivity contribution in [1.82, 2.24) is 0 Å². The van der Waals surface area contributed by atoms with Gasteiger partial charge in [-0.2, -0.15) is 0 Å². The Bertz CT molecular complexity index is 839. The van der Waals surface area contributed by atoms with Crippen LogP contribution in [-0.4, -0.2) is 22.4 Å². The van der Waals surface area contributed by atoms with Crippen LogP contribution in [0.4, 0.5) is 0 Å². The molecule has 0 aliphatic heterocycles. The first-order valence-electron chi connectivity index (χ1n) is 12.9. The summed E-state index contributed by atoms with van der Waals surface area (Å²) in [6.45, 7) is 9.39. The van der Waals surface area contributed by atoms with Gasteiger partial charge in [0, 0.05) is 5.41 Å². The smallest absolute Gasteiger partial charge is 0.0809 e. The van der Waals surface area contributed by atoms with Gasteiger partial charge in [0.1, 0.15) is 0 Å². The second-order valence-electron chi connectivity index (χ2n) is 12.3. The van der Waals surface area contributed by atoms with E-state index in [-0.39, 0.29) is 17.6 Å². The summed E-state index contributed by atoms with van der Waals surface area (Å²) in [5.74, 6) is 3.36. The van der Waals surface area contributed by atoms with Gasteiger partial charge in [0.25, 0.3) is 0 Å². The summed E-state index contributed by atoms with van der Waals surface area (Å²) in [6, 6.07) is 8.93. The number of aliphatic hydroxyl groups is 2. The van der Waals surface area contributed by atoms with Crippen LogP contribution in [0.2, 0.25) is 0 Å². The normalized spacial score (nSPS) is 46.0. The van der Waals surface area contributed by atoms with Crippen LogP contribution in [0.25, 0.3) is 6.08 Å². The van der Waals surface area contributed by atoms with Crippen LogP contribution < -0.4 is 0 Å². The first-order chi connectivity index (χ1) is 14.7. The Morgan fingerprint density at radius 3 is 2.32 bits per heavy atom. The summed E-state index contributed by atoms with van der Waals surface area (Å²) in [5, 5.41) is 21.7. The summed E-state index contributed by atoms with van der Waals surface area (Å²) < 4.78 is 0. The van der Waals surface area contributed by atoms with Gasteiger partial charge in [-0.15, -0.1) is 0 Å². The van der Waals surface area contributed by atoms with E-state index < -0.39 is 0 Å². The van der Waals surface area contributed by atoms with E-state index in [4.69, 9.17) is 0 Å². The molecule has 2 heteroatoms. The number of hydrogen-bond donors (Lipinski definition) is 2. The van der Waals surface area contributed by atoms with Crippen molar-refractivity contribution in [3.8, 4) is 0 Å². The first-order valence-corrected chi connectivity index (χ1v) is 12.9. The highest BCUT2D eigenvalue weighted by Gasteiger charge is 2.61. The number of rotatable bonds is 2. The lowest BCUT2D eigenvalue weighted by Gasteiger charge is -2.60. The Kier molecular flexibility index (Phi) is 5.42. The van der Waals surface area contributed by atoms with Gasteiger partial charge >= 0.3 is 0 Å². The van der Waals surface area contributed by atoms with Crippen LogP contribution in [0.5, 0.6) is 0 Å². The van der Waals surface area contributed by atoms with Crippen molar-refractivity contribution in [2.24, 2.45) is 34.5 Å². The van der Waals surface area contributed by atoms with E-state index in [9.17, 15) is 10.2 Å². The van der Waals surface area contributed by atoms with E-state index in [1.807, 2.05) is 0 Å². The monoisotopic (exact) mass is 422 g/mol. The predicted molar refractivity (Wildman–Crippen MR) is 128 cm³/mol. The van der Waals surface area contributed by atoms with E-state index in [0.717, 1.165) is 37.5 Å². The molecule has 0 aromatic heterocycles. The lowest BCUT2D eigenvalue weighted by molar-refractivity contribution is -0.133. The molecule has 4 aliphatic carbocycles. The summed E-state index contributed by atoms with van der Waals surface area (Å²) >= 11 is 0. The average molecular weight is 423 g/mol. The molecular weight excluding hydrogens is 380 g/mol. The van der Waals surface area contributed by atoms with Gasteiger partial charge in [-0.3, -0.25) is 0 Å². The van der Waals surface area contributed by atoms with Crippen molar-refractivity contribution in [3.63, 3.8) is 0 Å². The van der Waals surface area contributed by atoms with Crippen LogP contribution in [0.3, 0.4) is 0 Å². The van der Waals surface area contributed by atoms with Gasteiger partial charge in [0.15, 0.2) is 0 Å². The highest BCUT2D eigenvalue weighted by molar-refractivity contribution is 5.56. The Hall–Kier alpha value is -1.12. The zero-order valence-electron chi connectivity index (χ0n) is 20.0. The average Bonchev–Trinajstić information content (AvgIpc) is 2.99. The Balaban J connectivity index is 1.40. The lowest BCUT2D eigenvalue weighted by atomic mass is 9.45. The fraction of sp³-hybridized carbons (Fsp3) is 0.724. The first kappa shape index (κ1) is 21.7. The Morgan fingerprint density at radius 1 is 0.903 bits per heavy atom.